The standard InChI is InChI=1S/C21H24ClNO6/c1-2-13-7-20(25)29-17-9-18(16(22)8-15(13)17)28-11-19(24)23-10-12-3-5-14(6-4-12)21(26)27/h7-9,12,14H,2-6,10-11H2,1H3,(H,23,24)(H,26,27)/p-1. The molecule has 0 saturated heterocycles. The lowest BCUT2D eigenvalue weighted by atomic mass is 9.82. The average Bonchev–Trinajstić information content (AvgIpc) is 2.70. The van der Waals surface area contributed by atoms with Crippen molar-refractivity contribution in [1.82, 2.24) is 5.32 Å². The van der Waals surface area contributed by atoms with Crippen LogP contribution >= 0.6 is 11.6 Å². The molecule has 0 bridgehead atoms. The number of benzene rings is 1. The number of carboxylic acid groups (broad SMARTS) is 1. The maximum Gasteiger partial charge on any atom is 0.336 e. The van der Waals surface area contributed by atoms with Gasteiger partial charge in [-0.25, -0.2) is 4.79 Å². The van der Waals surface area contributed by atoms with Crippen molar-refractivity contribution < 1.29 is 23.8 Å². The number of rotatable bonds is 7. The Morgan fingerprint density at radius 3 is 2.62 bits per heavy atom. The second-order valence-corrected chi connectivity index (χ2v) is 7.76. The Bertz CT molecular complexity index is 962. The fourth-order valence-corrected chi connectivity index (χ4v) is 3.90. The molecule has 0 unspecified atom stereocenters. The van der Waals surface area contributed by atoms with Gasteiger partial charge in [-0.15, -0.1) is 0 Å². The smallest absolute Gasteiger partial charge is 0.336 e. The summed E-state index contributed by atoms with van der Waals surface area (Å²) in [5, 5.41) is 14.8. The number of hydrogen-bond acceptors (Lipinski definition) is 6. The van der Waals surface area contributed by atoms with Gasteiger partial charge in [-0.2, -0.15) is 0 Å². The Morgan fingerprint density at radius 1 is 1.24 bits per heavy atom. The van der Waals surface area contributed by atoms with E-state index in [1.54, 1.807) is 6.07 Å². The number of halogens is 1. The minimum Gasteiger partial charge on any atom is -0.550 e. The Morgan fingerprint density at radius 2 is 1.97 bits per heavy atom. The number of carbonyl (C=O) groups excluding carboxylic acids is 2. The van der Waals surface area contributed by atoms with Gasteiger partial charge in [-0.3, -0.25) is 4.79 Å². The number of carboxylic acids is 1. The van der Waals surface area contributed by atoms with Gasteiger partial charge in [0.15, 0.2) is 6.61 Å². The molecule has 0 spiro atoms. The summed E-state index contributed by atoms with van der Waals surface area (Å²) in [5.74, 6) is -1.16. The lowest BCUT2D eigenvalue weighted by Crippen LogP contribution is -2.37. The first-order valence-electron chi connectivity index (χ1n) is 9.74. The fourth-order valence-electron chi connectivity index (χ4n) is 3.69. The lowest BCUT2D eigenvalue weighted by molar-refractivity contribution is -0.312. The zero-order valence-corrected chi connectivity index (χ0v) is 16.9. The Kier molecular flexibility index (Phi) is 6.79. The summed E-state index contributed by atoms with van der Waals surface area (Å²) >= 11 is 6.26. The van der Waals surface area contributed by atoms with Crippen LogP contribution in [0, 0.1) is 11.8 Å². The van der Waals surface area contributed by atoms with Gasteiger partial charge in [0, 0.05) is 30.0 Å². The van der Waals surface area contributed by atoms with E-state index >= 15 is 0 Å². The van der Waals surface area contributed by atoms with E-state index in [1.807, 2.05) is 6.92 Å². The van der Waals surface area contributed by atoms with E-state index in [9.17, 15) is 19.5 Å². The number of amides is 1. The molecule has 1 fully saturated rings. The highest BCUT2D eigenvalue weighted by molar-refractivity contribution is 6.32. The fraction of sp³-hybridized carbons (Fsp3) is 0.476. The highest BCUT2D eigenvalue weighted by Crippen LogP contribution is 2.31. The molecular formula is C21H23ClNO6-. The van der Waals surface area contributed by atoms with Crippen LogP contribution in [0.15, 0.2) is 27.4 Å². The summed E-state index contributed by atoms with van der Waals surface area (Å²) in [6, 6.07) is 4.63. The number of carbonyl (C=O) groups is 2. The van der Waals surface area contributed by atoms with Gasteiger partial charge in [-0.1, -0.05) is 18.5 Å². The molecule has 1 aromatic carbocycles. The van der Waals surface area contributed by atoms with Crippen molar-refractivity contribution in [3.05, 3.63) is 39.2 Å². The van der Waals surface area contributed by atoms with E-state index in [0.717, 1.165) is 23.8 Å². The first-order chi connectivity index (χ1) is 13.9. The average molecular weight is 421 g/mol. The van der Waals surface area contributed by atoms with Crippen LogP contribution in [-0.2, 0) is 16.0 Å². The van der Waals surface area contributed by atoms with Crippen LogP contribution in [0.2, 0.25) is 5.02 Å². The van der Waals surface area contributed by atoms with Crippen LogP contribution in [0.5, 0.6) is 5.75 Å². The summed E-state index contributed by atoms with van der Waals surface area (Å²) in [4.78, 5) is 34.7. The monoisotopic (exact) mass is 420 g/mol. The first-order valence-corrected chi connectivity index (χ1v) is 10.1. The van der Waals surface area contributed by atoms with Gasteiger partial charge in [0.2, 0.25) is 0 Å². The number of ether oxygens (including phenoxy) is 1. The quantitative estimate of drug-likeness (QED) is 0.687. The van der Waals surface area contributed by atoms with Crippen LogP contribution in [0.4, 0.5) is 0 Å². The third kappa shape index (κ3) is 5.29. The van der Waals surface area contributed by atoms with Crippen molar-refractivity contribution in [3.63, 3.8) is 0 Å². The Labute approximate surface area is 173 Å². The summed E-state index contributed by atoms with van der Waals surface area (Å²) in [6.07, 6.45) is 3.31. The van der Waals surface area contributed by atoms with Gasteiger partial charge >= 0.3 is 5.63 Å². The molecule has 2 aromatic rings. The summed E-state index contributed by atoms with van der Waals surface area (Å²) in [5.41, 5.74) is 0.739. The maximum atomic E-state index is 12.1. The first kappa shape index (κ1) is 21.2. The molecule has 1 amide bonds. The van der Waals surface area contributed by atoms with E-state index in [-0.39, 0.29) is 30.1 Å². The summed E-state index contributed by atoms with van der Waals surface area (Å²) in [7, 11) is 0. The number of aryl methyl sites for hydroxylation is 1. The predicted molar refractivity (Wildman–Crippen MR) is 106 cm³/mol. The van der Waals surface area contributed by atoms with Gasteiger partial charge < -0.3 is 24.4 Å². The van der Waals surface area contributed by atoms with Crippen LogP contribution in [-0.4, -0.2) is 25.0 Å². The van der Waals surface area contributed by atoms with Crippen LogP contribution in [0.25, 0.3) is 11.0 Å². The minimum absolute atomic E-state index is 0.225. The van der Waals surface area contributed by atoms with Crippen molar-refractivity contribution >= 4 is 34.4 Å². The van der Waals surface area contributed by atoms with E-state index in [0.29, 0.717) is 36.4 Å². The predicted octanol–water partition coefficient (Wildman–Crippen LogP) is 2.06. The molecule has 1 aliphatic carbocycles. The molecular weight excluding hydrogens is 398 g/mol. The van der Waals surface area contributed by atoms with Gasteiger partial charge in [0.05, 0.1) is 5.02 Å². The second kappa shape index (κ2) is 9.31. The van der Waals surface area contributed by atoms with Crippen LogP contribution < -0.4 is 20.8 Å². The zero-order chi connectivity index (χ0) is 21.0. The zero-order valence-electron chi connectivity index (χ0n) is 16.2. The lowest BCUT2D eigenvalue weighted by Gasteiger charge is -2.29. The third-order valence-electron chi connectivity index (χ3n) is 5.39. The Hall–Kier alpha value is -2.54. The summed E-state index contributed by atoms with van der Waals surface area (Å²) in [6.45, 7) is 2.18. The highest BCUT2D eigenvalue weighted by Gasteiger charge is 2.22. The molecule has 29 heavy (non-hydrogen) atoms. The van der Waals surface area contributed by atoms with Gasteiger partial charge in [0.1, 0.15) is 11.3 Å². The largest absolute Gasteiger partial charge is 0.550 e. The molecule has 1 N–H and O–H groups in total. The molecule has 156 valence electrons. The summed E-state index contributed by atoms with van der Waals surface area (Å²) < 4.78 is 10.7. The molecule has 7 nitrogen and oxygen atoms in total. The normalized spacial score (nSPS) is 19.1. The molecule has 1 heterocycles. The minimum atomic E-state index is -0.991. The third-order valence-corrected chi connectivity index (χ3v) is 5.69. The van der Waals surface area contributed by atoms with E-state index in [2.05, 4.69) is 5.32 Å². The van der Waals surface area contributed by atoms with E-state index in [4.69, 9.17) is 20.8 Å². The Balaban J connectivity index is 1.55. The number of aliphatic carboxylic acids is 1. The topological polar surface area (TPSA) is 109 Å². The van der Waals surface area contributed by atoms with Crippen LogP contribution in [0.1, 0.15) is 38.2 Å². The number of nitrogens with one attached hydrogen (secondary N) is 1. The molecule has 1 aromatic heterocycles. The molecule has 1 saturated carbocycles. The number of fused-ring (bicyclic) bond motifs is 1. The SMILES string of the molecule is CCc1cc(=O)oc2cc(OCC(=O)NCC3CCC(C(=O)[O-])CC3)c(Cl)cc12. The molecule has 0 atom stereocenters. The van der Waals surface area contributed by atoms with Crippen molar-refractivity contribution in [2.45, 2.75) is 39.0 Å². The molecule has 0 radical (unpaired) electrons. The second-order valence-electron chi connectivity index (χ2n) is 7.35. The highest BCUT2D eigenvalue weighted by atomic mass is 35.5. The maximum absolute atomic E-state index is 12.1. The molecule has 8 heteroatoms. The van der Waals surface area contributed by atoms with Crippen molar-refractivity contribution in [1.29, 1.82) is 0 Å². The van der Waals surface area contributed by atoms with Gasteiger partial charge in [0.25, 0.3) is 5.91 Å². The molecule has 1 aliphatic rings. The molecule has 0 aliphatic heterocycles. The van der Waals surface area contributed by atoms with Crippen molar-refractivity contribution in [2.24, 2.45) is 11.8 Å². The number of hydrogen-bond donors (Lipinski definition) is 1. The van der Waals surface area contributed by atoms with Crippen LogP contribution in [0.3, 0.4) is 0 Å². The molecule has 3 rings (SSSR count). The van der Waals surface area contributed by atoms with E-state index < -0.39 is 11.6 Å². The van der Waals surface area contributed by atoms with Crippen molar-refractivity contribution in [2.75, 3.05) is 13.2 Å². The van der Waals surface area contributed by atoms with Crippen molar-refractivity contribution in [3.8, 4) is 5.75 Å². The van der Waals surface area contributed by atoms with E-state index in [1.165, 1.54) is 12.1 Å². The van der Waals surface area contributed by atoms with Gasteiger partial charge in [-0.05, 0) is 55.6 Å².